The van der Waals surface area contributed by atoms with E-state index in [0.29, 0.717) is 12.3 Å². The minimum atomic E-state index is -2.71. The molecule has 27 heavy (non-hydrogen) atoms. The summed E-state index contributed by atoms with van der Waals surface area (Å²) in [5.41, 5.74) is 2.65. The number of unbranched alkanes of at least 4 members (excludes halogenated alkanes) is 2. The van der Waals surface area contributed by atoms with Crippen molar-refractivity contribution in [1.82, 2.24) is 0 Å². The molecular formula is C24H30F2S. The highest BCUT2D eigenvalue weighted by molar-refractivity contribution is 7.09. The number of thiophene rings is 1. The zero-order chi connectivity index (χ0) is 19.1. The Labute approximate surface area is 166 Å². The molecule has 3 rings (SSSR count). The molecule has 0 aliphatic heterocycles. The number of allylic oxidation sites excluding steroid dienone is 2. The average molecular weight is 389 g/mol. The van der Waals surface area contributed by atoms with Crippen molar-refractivity contribution in [1.29, 1.82) is 0 Å². The summed E-state index contributed by atoms with van der Waals surface area (Å²) in [6.07, 6.45) is 10.5. The van der Waals surface area contributed by atoms with E-state index in [1.54, 1.807) is 12.1 Å². The summed E-state index contributed by atoms with van der Waals surface area (Å²) in [5, 5.41) is 2.13. The molecule has 1 aliphatic carbocycles. The van der Waals surface area contributed by atoms with Gasteiger partial charge in [0.25, 0.3) is 5.92 Å². The number of hydrogen-bond acceptors (Lipinski definition) is 1. The van der Waals surface area contributed by atoms with E-state index < -0.39 is 5.92 Å². The average Bonchev–Trinajstić information content (AvgIpc) is 3.34. The molecule has 0 fully saturated rings. The largest absolute Gasteiger partial charge is 0.273 e. The van der Waals surface area contributed by atoms with Crippen molar-refractivity contribution in [2.75, 3.05) is 0 Å². The van der Waals surface area contributed by atoms with E-state index in [4.69, 9.17) is 0 Å². The zero-order valence-electron chi connectivity index (χ0n) is 16.2. The van der Waals surface area contributed by atoms with Gasteiger partial charge in [-0.3, -0.25) is 0 Å². The van der Waals surface area contributed by atoms with E-state index in [9.17, 15) is 8.78 Å². The molecule has 0 unspecified atom stereocenters. The van der Waals surface area contributed by atoms with Crippen LogP contribution in [0.1, 0.15) is 74.3 Å². The fraction of sp³-hybridized carbons (Fsp3) is 0.500. The van der Waals surface area contributed by atoms with Crippen LogP contribution in [0.2, 0.25) is 0 Å². The van der Waals surface area contributed by atoms with Crippen LogP contribution in [-0.2, 0) is 12.3 Å². The van der Waals surface area contributed by atoms with Gasteiger partial charge in [-0.2, -0.15) is 0 Å². The molecule has 0 bridgehead atoms. The Morgan fingerprint density at radius 2 is 1.89 bits per heavy atom. The van der Waals surface area contributed by atoms with Crippen LogP contribution < -0.4 is 0 Å². The van der Waals surface area contributed by atoms with Gasteiger partial charge in [0.2, 0.25) is 0 Å². The van der Waals surface area contributed by atoms with Crippen molar-refractivity contribution >= 4 is 16.9 Å². The van der Waals surface area contributed by atoms with E-state index >= 15 is 0 Å². The number of halogens is 2. The smallest absolute Gasteiger partial charge is 0.201 e. The minimum Gasteiger partial charge on any atom is -0.201 e. The van der Waals surface area contributed by atoms with E-state index in [2.05, 4.69) is 23.6 Å². The van der Waals surface area contributed by atoms with Crippen LogP contribution in [0.25, 0.3) is 5.57 Å². The third-order valence-corrected chi connectivity index (χ3v) is 6.55. The monoisotopic (exact) mass is 388 g/mol. The summed E-state index contributed by atoms with van der Waals surface area (Å²) >= 11 is 1.83. The summed E-state index contributed by atoms with van der Waals surface area (Å²) in [6.45, 7) is 2.04. The highest BCUT2D eigenvalue weighted by atomic mass is 32.1. The molecule has 1 aromatic heterocycles. The zero-order valence-corrected chi connectivity index (χ0v) is 17.0. The molecular weight excluding hydrogens is 358 g/mol. The van der Waals surface area contributed by atoms with Gasteiger partial charge in [0, 0.05) is 16.9 Å². The van der Waals surface area contributed by atoms with E-state index in [0.717, 1.165) is 31.2 Å². The number of alkyl halides is 2. The van der Waals surface area contributed by atoms with Gasteiger partial charge in [0.1, 0.15) is 0 Å². The molecule has 0 saturated heterocycles. The highest BCUT2D eigenvalue weighted by Crippen LogP contribution is 2.39. The van der Waals surface area contributed by atoms with E-state index in [-0.39, 0.29) is 12.0 Å². The molecule has 1 aliphatic rings. The maximum Gasteiger partial charge on any atom is 0.273 e. The third-order valence-electron chi connectivity index (χ3n) is 5.61. The molecule has 0 amide bonds. The molecule has 0 radical (unpaired) electrons. The second-order valence-corrected chi connectivity index (χ2v) is 8.68. The predicted octanol–water partition coefficient (Wildman–Crippen LogP) is 8.24. The van der Waals surface area contributed by atoms with Crippen LogP contribution in [0.3, 0.4) is 0 Å². The van der Waals surface area contributed by atoms with Crippen LogP contribution in [0.15, 0.2) is 47.9 Å². The summed E-state index contributed by atoms with van der Waals surface area (Å²) in [6, 6.07) is 11.4. The van der Waals surface area contributed by atoms with E-state index in [1.807, 2.05) is 30.4 Å². The molecule has 0 saturated carbocycles. The lowest BCUT2D eigenvalue weighted by atomic mass is 9.89. The molecule has 1 aromatic carbocycles. The van der Waals surface area contributed by atoms with Crippen molar-refractivity contribution in [2.24, 2.45) is 5.92 Å². The van der Waals surface area contributed by atoms with Crippen molar-refractivity contribution < 1.29 is 8.78 Å². The van der Waals surface area contributed by atoms with Gasteiger partial charge < -0.3 is 0 Å². The van der Waals surface area contributed by atoms with Gasteiger partial charge >= 0.3 is 0 Å². The Kier molecular flexibility index (Phi) is 7.23. The Morgan fingerprint density at radius 1 is 1.07 bits per heavy atom. The standard InChI is InChI=1S/C24H30F2S/c1-2-3-4-17-24(25,26)21-15-13-20(14-16-21)23-12-6-9-19(23)8-5-10-22-11-7-18-27-22/h7,11-16,18-19H,2-6,8-10,17H2,1H3/t19-/m0/s1. The van der Waals surface area contributed by atoms with E-state index in [1.165, 1.54) is 29.7 Å². The van der Waals surface area contributed by atoms with Gasteiger partial charge in [0.05, 0.1) is 0 Å². The van der Waals surface area contributed by atoms with Crippen LogP contribution >= 0.6 is 11.3 Å². The van der Waals surface area contributed by atoms with Gasteiger partial charge in [-0.1, -0.05) is 56.2 Å². The number of benzene rings is 1. The number of hydrogen-bond donors (Lipinski definition) is 0. The Bertz CT molecular complexity index is 713. The topological polar surface area (TPSA) is 0 Å². The minimum absolute atomic E-state index is 0.0474. The first-order valence-electron chi connectivity index (χ1n) is 10.3. The second kappa shape index (κ2) is 9.64. The van der Waals surface area contributed by atoms with Crippen molar-refractivity contribution in [2.45, 2.75) is 70.6 Å². The van der Waals surface area contributed by atoms with Gasteiger partial charge in [0.15, 0.2) is 0 Å². The fourth-order valence-corrected chi connectivity index (χ4v) is 4.79. The lowest BCUT2D eigenvalue weighted by Crippen LogP contribution is -2.13. The molecule has 0 nitrogen and oxygen atoms in total. The molecule has 146 valence electrons. The first-order valence-corrected chi connectivity index (χ1v) is 11.2. The first-order chi connectivity index (χ1) is 13.1. The molecule has 2 aromatic rings. The Hall–Kier alpha value is -1.48. The SMILES string of the molecule is CCCCCC(F)(F)c1ccc(C2=CCC[C@@H]2CCCc2cccs2)cc1. The predicted molar refractivity (Wildman–Crippen MR) is 112 cm³/mol. The van der Waals surface area contributed by atoms with Crippen molar-refractivity contribution in [3.63, 3.8) is 0 Å². The van der Waals surface area contributed by atoms with Crippen LogP contribution in [-0.4, -0.2) is 0 Å². The normalized spacial score (nSPS) is 17.3. The van der Waals surface area contributed by atoms with Crippen LogP contribution in [0, 0.1) is 5.92 Å². The third kappa shape index (κ3) is 5.51. The maximum atomic E-state index is 14.4. The highest BCUT2D eigenvalue weighted by Gasteiger charge is 2.30. The number of aryl methyl sites for hydroxylation is 1. The molecule has 3 heteroatoms. The maximum absolute atomic E-state index is 14.4. The van der Waals surface area contributed by atoms with Crippen LogP contribution in [0.4, 0.5) is 8.78 Å². The lowest BCUT2D eigenvalue weighted by molar-refractivity contribution is -0.0157. The number of rotatable bonds is 10. The van der Waals surface area contributed by atoms with Gasteiger partial charge in [-0.15, -0.1) is 11.3 Å². The second-order valence-electron chi connectivity index (χ2n) is 7.64. The lowest BCUT2D eigenvalue weighted by Gasteiger charge is -2.19. The molecule has 1 atom stereocenters. The molecule has 0 spiro atoms. The molecule has 1 heterocycles. The van der Waals surface area contributed by atoms with Gasteiger partial charge in [-0.05, 0) is 67.0 Å². The Balaban J connectivity index is 1.58. The van der Waals surface area contributed by atoms with Crippen LogP contribution in [0.5, 0.6) is 0 Å². The molecule has 0 N–H and O–H groups in total. The Morgan fingerprint density at radius 3 is 2.59 bits per heavy atom. The summed E-state index contributed by atoms with van der Waals surface area (Å²) in [7, 11) is 0. The quantitative estimate of drug-likeness (QED) is 0.359. The van der Waals surface area contributed by atoms with Crippen molar-refractivity contribution in [3.8, 4) is 0 Å². The summed E-state index contributed by atoms with van der Waals surface area (Å²) < 4.78 is 28.7. The fourth-order valence-electron chi connectivity index (χ4n) is 4.04. The summed E-state index contributed by atoms with van der Waals surface area (Å²) in [4.78, 5) is 1.45. The summed E-state index contributed by atoms with van der Waals surface area (Å²) in [5.74, 6) is -2.14. The van der Waals surface area contributed by atoms with Gasteiger partial charge in [-0.25, -0.2) is 8.78 Å². The first kappa shape index (κ1) is 20.3. The van der Waals surface area contributed by atoms with Crippen molar-refractivity contribution in [3.05, 3.63) is 63.9 Å².